The summed E-state index contributed by atoms with van der Waals surface area (Å²) < 4.78 is 0. The van der Waals surface area contributed by atoms with Gasteiger partial charge in [-0.1, -0.05) is 30.3 Å². The summed E-state index contributed by atoms with van der Waals surface area (Å²) in [5, 5.41) is 0.938. The first-order valence-corrected chi connectivity index (χ1v) is 9.83. The first-order valence-electron chi connectivity index (χ1n) is 9.83. The summed E-state index contributed by atoms with van der Waals surface area (Å²) in [5.74, 6) is 0.130. The highest BCUT2D eigenvalue weighted by Crippen LogP contribution is 2.28. The highest BCUT2D eigenvalue weighted by atomic mass is 16.2. The van der Waals surface area contributed by atoms with E-state index in [9.17, 15) is 4.79 Å². The molecule has 2 heterocycles. The van der Waals surface area contributed by atoms with Gasteiger partial charge in [-0.3, -0.25) is 4.79 Å². The summed E-state index contributed by atoms with van der Waals surface area (Å²) in [6.07, 6.45) is 3.37. The van der Waals surface area contributed by atoms with Crippen LogP contribution in [-0.4, -0.2) is 28.4 Å². The predicted octanol–water partition coefficient (Wildman–Crippen LogP) is 5.53. The van der Waals surface area contributed by atoms with Gasteiger partial charge in [-0.05, 0) is 69.4 Å². The van der Waals surface area contributed by atoms with E-state index in [1.807, 2.05) is 35.2 Å². The highest BCUT2D eigenvalue weighted by Gasteiger charge is 2.26. The van der Waals surface area contributed by atoms with E-state index in [0.29, 0.717) is 6.04 Å². The number of likely N-dealkylation sites (tertiary alicyclic amines) is 1. The quantitative estimate of drug-likeness (QED) is 0.603. The first-order chi connectivity index (χ1) is 13.0. The lowest BCUT2D eigenvalue weighted by Gasteiger charge is -2.33. The van der Waals surface area contributed by atoms with Gasteiger partial charge in [0.2, 0.25) is 0 Å². The van der Waals surface area contributed by atoms with Crippen LogP contribution in [0.5, 0.6) is 0 Å². The summed E-state index contributed by atoms with van der Waals surface area (Å²) in [6, 6.07) is 16.6. The largest absolute Gasteiger partial charge is 0.336 e. The maximum Gasteiger partial charge on any atom is 0.254 e. The number of aryl methyl sites for hydroxylation is 2. The van der Waals surface area contributed by atoms with Crippen LogP contribution in [0.25, 0.3) is 22.2 Å². The molecular weight excluding hydrogens is 332 g/mol. The molecule has 27 heavy (non-hydrogen) atoms. The summed E-state index contributed by atoms with van der Waals surface area (Å²) in [4.78, 5) is 20.3. The molecule has 1 amide bonds. The lowest BCUT2D eigenvalue weighted by molar-refractivity contribution is 0.0637. The number of rotatable bonds is 2. The Bertz CT molecular complexity index is 1010. The van der Waals surface area contributed by atoms with Crippen LogP contribution >= 0.6 is 0 Å². The van der Waals surface area contributed by atoms with Crippen molar-refractivity contribution in [3.63, 3.8) is 0 Å². The fraction of sp³-hybridized carbons (Fsp3) is 0.333. The number of hydrogen-bond acceptors (Lipinski definition) is 2. The molecule has 0 spiro atoms. The number of nitrogens with zero attached hydrogens (tertiary/aromatic N) is 2. The van der Waals surface area contributed by atoms with Gasteiger partial charge in [-0.2, -0.15) is 0 Å². The van der Waals surface area contributed by atoms with Crippen molar-refractivity contribution in [2.24, 2.45) is 0 Å². The fourth-order valence-corrected chi connectivity index (χ4v) is 3.96. The molecule has 4 rings (SSSR count). The fourth-order valence-electron chi connectivity index (χ4n) is 3.96. The average Bonchev–Trinajstić information content (AvgIpc) is 2.69. The number of piperidine rings is 1. The molecule has 1 unspecified atom stereocenters. The van der Waals surface area contributed by atoms with Gasteiger partial charge in [0.15, 0.2) is 0 Å². The van der Waals surface area contributed by atoms with E-state index in [-0.39, 0.29) is 5.91 Å². The second-order valence-electron chi connectivity index (χ2n) is 7.71. The van der Waals surface area contributed by atoms with Crippen LogP contribution in [0.15, 0.2) is 48.5 Å². The van der Waals surface area contributed by atoms with Crippen LogP contribution in [0.4, 0.5) is 0 Å². The standard InChI is InChI=1S/C24H26N2O/c1-16-11-12-19(14-17(16)2)23-15-21(20-9-4-5-10-22(20)25-23)24(27)26-13-7-6-8-18(26)3/h4-5,9-12,14-15,18H,6-8,13H2,1-3H3. The van der Waals surface area contributed by atoms with Gasteiger partial charge in [0.1, 0.15) is 0 Å². The number of hydrogen-bond donors (Lipinski definition) is 0. The summed E-state index contributed by atoms with van der Waals surface area (Å²) >= 11 is 0. The van der Waals surface area contributed by atoms with Crippen molar-refractivity contribution < 1.29 is 4.79 Å². The lowest BCUT2D eigenvalue weighted by Crippen LogP contribution is -2.42. The van der Waals surface area contributed by atoms with Gasteiger partial charge in [0.05, 0.1) is 16.8 Å². The number of amides is 1. The molecule has 1 aliphatic heterocycles. The molecule has 138 valence electrons. The SMILES string of the molecule is Cc1ccc(-c2cc(C(=O)N3CCCCC3C)c3ccccc3n2)cc1C. The molecule has 1 atom stereocenters. The highest BCUT2D eigenvalue weighted by molar-refractivity contribution is 6.07. The zero-order chi connectivity index (χ0) is 19.0. The number of pyridine rings is 1. The Morgan fingerprint density at radius 2 is 1.85 bits per heavy atom. The van der Waals surface area contributed by atoms with E-state index < -0.39 is 0 Å². The Balaban J connectivity index is 1.86. The molecular formula is C24H26N2O. The Kier molecular flexibility index (Phi) is 4.69. The maximum atomic E-state index is 13.4. The van der Waals surface area contributed by atoms with Crippen LogP contribution in [0.3, 0.4) is 0 Å². The summed E-state index contributed by atoms with van der Waals surface area (Å²) in [5.41, 5.74) is 6.07. The van der Waals surface area contributed by atoms with Gasteiger partial charge >= 0.3 is 0 Å². The van der Waals surface area contributed by atoms with Crippen LogP contribution in [0.1, 0.15) is 47.7 Å². The smallest absolute Gasteiger partial charge is 0.254 e. The molecule has 1 aromatic heterocycles. The molecule has 3 aromatic rings. The van der Waals surface area contributed by atoms with Crippen LogP contribution in [-0.2, 0) is 0 Å². The number of fused-ring (bicyclic) bond motifs is 1. The minimum atomic E-state index is 0.130. The summed E-state index contributed by atoms with van der Waals surface area (Å²) in [7, 11) is 0. The number of benzene rings is 2. The number of carbonyl (C=O) groups excluding carboxylic acids is 1. The number of para-hydroxylation sites is 1. The normalized spacial score (nSPS) is 17.3. The number of carbonyl (C=O) groups is 1. The van der Waals surface area contributed by atoms with Crippen LogP contribution in [0, 0.1) is 13.8 Å². The third kappa shape index (κ3) is 3.34. The Hall–Kier alpha value is -2.68. The van der Waals surface area contributed by atoms with Crippen molar-refractivity contribution in [1.29, 1.82) is 0 Å². The van der Waals surface area contributed by atoms with Crippen molar-refractivity contribution >= 4 is 16.8 Å². The molecule has 0 aliphatic carbocycles. The van der Waals surface area contributed by atoms with E-state index in [4.69, 9.17) is 4.98 Å². The molecule has 1 saturated heterocycles. The van der Waals surface area contributed by atoms with E-state index in [0.717, 1.165) is 47.1 Å². The van der Waals surface area contributed by atoms with Crippen LogP contribution < -0.4 is 0 Å². The zero-order valence-corrected chi connectivity index (χ0v) is 16.3. The minimum Gasteiger partial charge on any atom is -0.336 e. The summed E-state index contributed by atoms with van der Waals surface area (Å²) in [6.45, 7) is 7.22. The van der Waals surface area contributed by atoms with Crippen molar-refractivity contribution in [3.8, 4) is 11.3 Å². The molecule has 3 heteroatoms. The molecule has 1 aliphatic rings. The molecule has 3 nitrogen and oxygen atoms in total. The van der Waals surface area contributed by atoms with Gasteiger partial charge in [-0.25, -0.2) is 4.98 Å². The third-order valence-electron chi connectivity index (χ3n) is 5.81. The van der Waals surface area contributed by atoms with E-state index in [1.54, 1.807) is 0 Å². The maximum absolute atomic E-state index is 13.4. The number of aromatic nitrogens is 1. The van der Waals surface area contributed by atoms with Crippen molar-refractivity contribution in [1.82, 2.24) is 9.88 Å². The minimum absolute atomic E-state index is 0.130. The second kappa shape index (κ2) is 7.15. The van der Waals surface area contributed by atoms with Crippen LogP contribution in [0.2, 0.25) is 0 Å². The molecule has 2 aromatic carbocycles. The lowest BCUT2D eigenvalue weighted by atomic mass is 9.98. The second-order valence-corrected chi connectivity index (χ2v) is 7.71. The average molecular weight is 358 g/mol. The van der Waals surface area contributed by atoms with E-state index in [2.05, 4.69) is 39.0 Å². The monoisotopic (exact) mass is 358 g/mol. The molecule has 0 bridgehead atoms. The predicted molar refractivity (Wildman–Crippen MR) is 111 cm³/mol. The van der Waals surface area contributed by atoms with Crippen molar-refractivity contribution in [3.05, 3.63) is 65.2 Å². The molecule has 0 saturated carbocycles. The van der Waals surface area contributed by atoms with Gasteiger partial charge in [-0.15, -0.1) is 0 Å². The van der Waals surface area contributed by atoms with E-state index in [1.165, 1.54) is 17.5 Å². The third-order valence-corrected chi connectivity index (χ3v) is 5.81. The van der Waals surface area contributed by atoms with Gasteiger partial charge in [0.25, 0.3) is 5.91 Å². The Morgan fingerprint density at radius 1 is 1.04 bits per heavy atom. The molecule has 1 fully saturated rings. The van der Waals surface area contributed by atoms with Gasteiger partial charge < -0.3 is 4.90 Å². The topological polar surface area (TPSA) is 33.2 Å². The first kappa shape index (κ1) is 17.7. The van der Waals surface area contributed by atoms with E-state index >= 15 is 0 Å². The zero-order valence-electron chi connectivity index (χ0n) is 16.3. The molecule has 0 radical (unpaired) electrons. The Morgan fingerprint density at radius 3 is 2.63 bits per heavy atom. The van der Waals surface area contributed by atoms with Gasteiger partial charge in [0, 0.05) is 23.5 Å². The van der Waals surface area contributed by atoms with Crippen molar-refractivity contribution in [2.45, 2.75) is 46.1 Å². The van der Waals surface area contributed by atoms with Crippen molar-refractivity contribution in [2.75, 3.05) is 6.54 Å². The Labute approximate surface area is 161 Å². The molecule has 0 N–H and O–H groups in total.